The molecule has 0 aliphatic carbocycles. The first-order valence-electron chi connectivity index (χ1n) is 7.16. The van der Waals surface area contributed by atoms with Crippen LogP contribution in [0.4, 0.5) is 10.3 Å². The van der Waals surface area contributed by atoms with Crippen molar-refractivity contribution in [2.75, 3.05) is 5.32 Å². The van der Waals surface area contributed by atoms with Crippen LogP contribution < -0.4 is 10.9 Å². The summed E-state index contributed by atoms with van der Waals surface area (Å²) in [5, 5.41) is 2.45. The summed E-state index contributed by atoms with van der Waals surface area (Å²) in [7, 11) is 0. The summed E-state index contributed by atoms with van der Waals surface area (Å²) in [6, 6.07) is 10.7. The lowest BCUT2D eigenvalue weighted by Gasteiger charge is -2.09. The van der Waals surface area contributed by atoms with Gasteiger partial charge in [-0.1, -0.05) is 18.2 Å². The second-order valence-corrected chi connectivity index (χ2v) is 4.97. The van der Waals surface area contributed by atoms with Gasteiger partial charge in [-0.2, -0.15) is 0 Å². The third kappa shape index (κ3) is 3.35. The zero-order chi connectivity index (χ0) is 16.9. The Morgan fingerprint density at radius 2 is 1.83 bits per heavy atom. The van der Waals surface area contributed by atoms with Gasteiger partial charge in [0.1, 0.15) is 11.4 Å². The standard InChI is InChI=1S/C17H13FN4O2/c18-14-7-2-1-5-12(14)11-22-10-3-6-13(16(22)24)15(23)21-17-19-8-4-9-20-17/h1-10H,11H2,(H,19,20,21,23). The number of carbonyl (C=O) groups is 1. The van der Waals surface area contributed by atoms with Crippen LogP contribution in [0.25, 0.3) is 0 Å². The van der Waals surface area contributed by atoms with Gasteiger partial charge in [-0.3, -0.25) is 14.9 Å². The first-order valence-corrected chi connectivity index (χ1v) is 7.16. The van der Waals surface area contributed by atoms with E-state index >= 15 is 0 Å². The molecule has 2 heterocycles. The van der Waals surface area contributed by atoms with E-state index in [0.717, 1.165) is 0 Å². The monoisotopic (exact) mass is 324 g/mol. The SMILES string of the molecule is O=C(Nc1ncccn1)c1cccn(Cc2ccccc2F)c1=O. The minimum absolute atomic E-state index is 0.0362. The fraction of sp³-hybridized carbons (Fsp3) is 0.0588. The molecule has 0 radical (unpaired) electrons. The van der Waals surface area contributed by atoms with E-state index in [-0.39, 0.29) is 18.1 Å². The number of nitrogens with one attached hydrogen (secondary N) is 1. The Kier molecular flexibility index (Phi) is 4.42. The molecule has 2 aromatic heterocycles. The molecule has 24 heavy (non-hydrogen) atoms. The van der Waals surface area contributed by atoms with Crippen LogP contribution in [-0.2, 0) is 6.54 Å². The van der Waals surface area contributed by atoms with E-state index in [1.54, 1.807) is 30.3 Å². The lowest BCUT2D eigenvalue weighted by Crippen LogP contribution is -2.29. The molecule has 3 rings (SSSR count). The molecular weight excluding hydrogens is 311 g/mol. The van der Waals surface area contributed by atoms with Crippen LogP contribution in [0.3, 0.4) is 0 Å². The Bertz CT molecular complexity index is 925. The van der Waals surface area contributed by atoms with Crippen LogP contribution in [0.15, 0.2) is 65.8 Å². The average molecular weight is 324 g/mol. The van der Waals surface area contributed by atoms with Gasteiger partial charge >= 0.3 is 0 Å². The molecular formula is C17H13FN4O2. The Morgan fingerprint density at radius 3 is 2.58 bits per heavy atom. The summed E-state index contributed by atoms with van der Waals surface area (Å²) in [6.45, 7) is 0.0362. The molecule has 3 aromatic rings. The summed E-state index contributed by atoms with van der Waals surface area (Å²) in [5.74, 6) is -0.919. The Morgan fingerprint density at radius 1 is 1.08 bits per heavy atom. The highest BCUT2D eigenvalue weighted by Gasteiger charge is 2.14. The Balaban J connectivity index is 1.87. The first-order chi connectivity index (χ1) is 11.6. The number of nitrogens with zero attached hydrogens (tertiary/aromatic N) is 3. The molecule has 0 atom stereocenters. The highest BCUT2D eigenvalue weighted by atomic mass is 19.1. The van der Waals surface area contributed by atoms with Crippen molar-refractivity contribution in [1.29, 1.82) is 0 Å². The van der Waals surface area contributed by atoms with E-state index in [9.17, 15) is 14.0 Å². The molecule has 7 heteroatoms. The first kappa shape index (κ1) is 15.5. The molecule has 0 spiro atoms. The number of aromatic nitrogens is 3. The molecule has 0 bridgehead atoms. The highest BCUT2D eigenvalue weighted by molar-refractivity contribution is 6.02. The zero-order valence-electron chi connectivity index (χ0n) is 12.5. The van der Waals surface area contributed by atoms with Gasteiger partial charge in [0.2, 0.25) is 5.95 Å². The van der Waals surface area contributed by atoms with Crippen molar-refractivity contribution in [2.24, 2.45) is 0 Å². The second-order valence-electron chi connectivity index (χ2n) is 4.97. The van der Waals surface area contributed by atoms with E-state index in [4.69, 9.17) is 0 Å². The molecule has 1 aromatic carbocycles. The minimum Gasteiger partial charge on any atom is -0.310 e. The summed E-state index contributed by atoms with van der Waals surface area (Å²) in [5.41, 5.74) is -0.223. The van der Waals surface area contributed by atoms with E-state index in [1.807, 2.05) is 0 Å². The molecule has 1 N–H and O–H groups in total. The van der Waals surface area contributed by atoms with E-state index in [0.29, 0.717) is 5.56 Å². The number of hydrogen-bond acceptors (Lipinski definition) is 4. The average Bonchev–Trinajstić information content (AvgIpc) is 2.59. The fourth-order valence-corrected chi connectivity index (χ4v) is 2.18. The van der Waals surface area contributed by atoms with E-state index in [1.165, 1.54) is 35.3 Å². The smallest absolute Gasteiger partial charge is 0.263 e. The van der Waals surface area contributed by atoms with Crippen molar-refractivity contribution in [3.8, 4) is 0 Å². The summed E-state index contributed by atoms with van der Waals surface area (Å²) >= 11 is 0. The van der Waals surface area contributed by atoms with E-state index < -0.39 is 17.3 Å². The van der Waals surface area contributed by atoms with Crippen molar-refractivity contribution >= 4 is 11.9 Å². The van der Waals surface area contributed by atoms with Gasteiger partial charge < -0.3 is 4.57 Å². The predicted molar refractivity (Wildman–Crippen MR) is 86.2 cm³/mol. The lowest BCUT2D eigenvalue weighted by molar-refractivity contribution is 0.102. The molecule has 0 saturated carbocycles. The number of pyridine rings is 1. The third-order valence-corrected chi connectivity index (χ3v) is 3.35. The topological polar surface area (TPSA) is 76.9 Å². The molecule has 0 aliphatic rings. The maximum atomic E-state index is 13.7. The number of halogens is 1. The number of carbonyl (C=O) groups excluding carboxylic acids is 1. The van der Waals surface area contributed by atoms with Gasteiger partial charge in [-0.25, -0.2) is 14.4 Å². The number of benzene rings is 1. The van der Waals surface area contributed by atoms with Crippen molar-refractivity contribution in [2.45, 2.75) is 6.54 Å². The lowest BCUT2D eigenvalue weighted by atomic mass is 10.2. The van der Waals surface area contributed by atoms with Crippen LogP contribution in [0.5, 0.6) is 0 Å². The van der Waals surface area contributed by atoms with Crippen LogP contribution in [-0.4, -0.2) is 20.4 Å². The van der Waals surface area contributed by atoms with Gasteiger partial charge in [0.05, 0.1) is 6.54 Å². The van der Waals surface area contributed by atoms with E-state index in [2.05, 4.69) is 15.3 Å². The maximum absolute atomic E-state index is 13.7. The van der Waals surface area contributed by atoms with Gasteiger partial charge in [0.25, 0.3) is 11.5 Å². The van der Waals surface area contributed by atoms with Crippen molar-refractivity contribution in [3.63, 3.8) is 0 Å². The Hall–Kier alpha value is -3.35. The largest absolute Gasteiger partial charge is 0.310 e. The third-order valence-electron chi connectivity index (χ3n) is 3.35. The summed E-state index contributed by atoms with van der Waals surface area (Å²) in [6.07, 6.45) is 4.46. The van der Waals surface area contributed by atoms with Crippen LogP contribution >= 0.6 is 0 Å². The number of rotatable bonds is 4. The van der Waals surface area contributed by atoms with Gasteiger partial charge in [0.15, 0.2) is 0 Å². The van der Waals surface area contributed by atoms with Crippen molar-refractivity contribution in [3.05, 3.63) is 88.4 Å². The van der Waals surface area contributed by atoms with Crippen LogP contribution in [0, 0.1) is 5.82 Å². The van der Waals surface area contributed by atoms with Crippen LogP contribution in [0.1, 0.15) is 15.9 Å². The number of anilines is 1. The zero-order valence-corrected chi connectivity index (χ0v) is 12.5. The quantitative estimate of drug-likeness (QED) is 0.797. The highest BCUT2D eigenvalue weighted by Crippen LogP contribution is 2.08. The molecule has 6 nitrogen and oxygen atoms in total. The minimum atomic E-state index is -0.617. The summed E-state index contributed by atoms with van der Waals surface area (Å²) in [4.78, 5) is 32.4. The van der Waals surface area contributed by atoms with Crippen molar-refractivity contribution < 1.29 is 9.18 Å². The van der Waals surface area contributed by atoms with Crippen LogP contribution in [0.2, 0.25) is 0 Å². The molecule has 120 valence electrons. The normalized spacial score (nSPS) is 10.4. The number of amides is 1. The molecule has 0 saturated heterocycles. The Labute approximate surface area is 136 Å². The molecule has 0 unspecified atom stereocenters. The predicted octanol–water partition coefficient (Wildman–Crippen LogP) is 2.08. The fourth-order valence-electron chi connectivity index (χ4n) is 2.18. The van der Waals surface area contributed by atoms with Crippen molar-refractivity contribution in [1.82, 2.24) is 14.5 Å². The molecule has 0 fully saturated rings. The summed E-state index contributed by atoms with van der Waals surface area (Å²) < 4.78 is 15.0. The second kappa shape index (κ2) is 6.82. The molecule has 0 aliphatic heterocycles. The van der Waals surface area contributed by atoms with Gasteiger partial charge in [0, 0.05) is 24.2 Å². The van der Waals surface area contributed by atoms with Gasteiger partial charge in [-0.05, 0) is 24.3 Å². The maximum Gasteiger partial charge on any atom is 0.263 e. The van der Waals surface area contributed by atoms with Gasteiger partial charge in [-0.15, -0.1) is 0 Å². The molecule has 1 amide bonds. The number of hydrogen-bond donors (Lipinski definition) is 1.